The molecule has 1 aromatic heterocycles. The number of rotatable bonds is 4. The summed E-state index contributed by atoms with van der Waals surface area (Å²) in [6.07, 6.45) is 0. The fourth-order valence-electron chi connectivity index (χ4n) is 2.08. The predicted molar refractivity (Wildman–Crippen MR) is 83.7 cm³/mol. The fourth-order valence-corrected chi connectivity index (χ4v) is 3.04. The molecule has 20 heavy (non-hydrogen) atoms. The lowest BCUT2D eigenvalue weighted by atomic mass is 9.96. The van der Waals surface area contributed by atoms with E-state index in [1.807, 2.05) is 0 Å². The summed E-state index contributed by atoms with van der Waals surface area (Å²) in [5.74, 6) is 0.930. The fraction of sp³-hybridized carbons (Fsp3) is 0.857. The summed E-state index contributed by atoms with van der Waals surface area (Å²) in [4.78, 5) is 7.07. The lowest BCUT2D eigenvalue weighted by Gasteiger charge is -2.35. The minimum atomic E-state index is 0.00666. The summed E-state index contributed by atoms with van der Waals surface area (Å²) in [6.45, 7) is 14.1. The molecule has 1 aromatic rings. The van der Waals surface area contributed by atoms with E-state index in [0.717, 1.165) is 37.3 Å². The Labute approximate surface area is 125 Å². The van der Waals surface area contributed by atoms with Crippen LogP contribution in [0.1, 0.15) is 40.4 Å². The Morgan fingerprint density at radius 1 is 1.45 bits per heavy atom. The summed E-state index contributed by atoms with van der Waals surface area (Å²) in [7, 11) is 0. The van der Waals surface area contributed by atoms with Gasteiger partial charge in [0.25, 0.3) is 0 Å². The highest BCUT2D eigenvalue weighted by Crippen LogP contribution is 2.27. The molecule has 0 saturated carbocycles. The topological polar surface area (TPSA) is 50.3 Å². The Kier molecular flexibility index (Phi) is 4.99. The van der Waals surface area contributed by atoms with Gasteiger partial charge in [0.2, 0.25) is 5.13 Å². The second kappa shape index (κ2) is 6.37. The minimum Gasteiger partial charge on any atom is -0.377 e. The molecule has 1 fully saturated rings. The van der Waals surface area contributed by atoms with Gasteiger partial charge in [-0.2, -0.15) is 4.37 Å². The number of nitrogens with zero attached hydrogens (tertiary/aromatic N) is 3. The molecule has 6 heteroatoms. The van der Waals surface area contributed by atoms with Gasteiger partial charge in [0.05, 0.1) is 19.3 Å². The van der Waals surface area contributed by atoms with Gasteiger partial charge in [0, 0.05) is 36.1 Å². The van der Waals surface area contributed by atoms with Crippen LogP contribution in [-0.2, 0) is 10.2 Å². The van der Waals surface area contributed by atoms with Crippen LogP contribution in [-0.4, -0.2) is 47.7 Å². The number of hydrogen-bond donors (Lipinski definition) is 1. The van der Waals surface area contributed by atoms with Crippen LogP contribution in [0.25, 0.3) is 0 Å². The van der Waals surface area contributed by atoms with Gasteiger partial charge in [-0.1, -0.05) is 34.6 Å². The monoisotopic (exact) mass is 298 g/mol. The summed E-state index contributed by atoms with van der Waals surface area (Å²) >= 11 is 1.50. The average molecular weight is 298 g/mol. The van der Waals surface area contributed by atoms with Crippen LogP contribution in [0.2, 0.25) is 0 Å². The highest BCUT2D eigenvalue weighted by molar-refractivity contribution is 7.09. The van der Waals surface area contributed by atoms with Crippen molar-refractivity contribution in [1.29, 1.82) is 0 Å². The first-order valence-corrected chi connectivity index (χ1v) is 8.07. The third-order valence-electron chi connectivity index (χ3n) is 3.32. The van der Waals surface area contributed by atoms with Crippen molar-refractivity contribution in [1.82, 2.24) is 14.7 Å². The quantitative estimate of drug-likeness (QED) is 0.922. The first-order valence-electron chi connectivity index (χ1n) is 7.30. The van der Waals surface area contributed by atoms with Crippen molar-refractivity contribution in [2.75, 3.05) is 31.2 Å². The zero-order chi connectivity index (χ0) is 14.8. The molecule has 1 aliphatic rings. The summed E-state index contributed by atoms with van der Waals surface area (Å²) < 4.78 is 10.1. The molecular weight excluding hydrogens is 272 g/mol. The maximum Gasteiger partial charge on any atom is 0.205 e. The van der Waals surface area contributed by atoms with Gasteiger partial charge in [-0.05, 0) is 0 Å². The highest BCUT2D eigenvalue weighted by Gasteiger charge is 2.28. The molecule has 0 radical (unpaired) electrons. The Hall–Kier alpha value is -0.720. The van der Waals surface area contributed by atoms with E-state index in [1.165, 1.54) is 11.5 Å². The second-order valence-electron chi connectivity index (χ2n) is 6.64. The molecule has 1 unspecified atom stereocenters. The lowest BCUT2D eigenvalue weighted by molar-refractivity contribution is 0.0931. The number of morpholine rings is 1. The summed E-state index contributed by atoms with van der Waals surface area (Å²) in [5, 5.41) is 4.51. The van der Waals surface area contributed by atoms with Crippen molar-refractivity contribution in [2.45, 2.75) is 52.1 Å². The van der Waals surface area contributed by atoms with E-state index in [0.29, 0.717) is 12.1 Å². The Balaban J connectivity index is 2.09. The third kappa shape index (κ3) is 3.90. The van der Waals surface area contributed by atoms with Crippen LogP contribution in [0.3, 0.4) is 0 Å². The zero-order valence-corrected chi connectivity index (χ0v) is 14.0. The van der Waals surface area contributed by atoms with Gasteiger partial charge >= 0.3 is 0 Å². The van der Waals surface area contributed by atoms with Crippen molar-refractivity contribution < 1.29 is 4.74 Å². The molecule has 2 heterocycles. The van der Waals surface area contributed by atoms with Crippen LogP contribution in [0.4, 0.5) is 5.13 Å². The van der Waals surface area contributed by atoms with E-state index in [1.54, 1.807) is 0 Å². The molecular formula is C14H26N4OS. The van der Waals surface area contributed by atoms with Gasteiger partial charge in [-0.3, -0.25) is 0 Å². The SMILES string of the molecule is CC(C)NCC1COCCN1c1nc(C(C)(C)C)ns1. The predicted octanol–water partition coefficient (Wildman–Crippen LogP) is 2.04. The van der Waals surface area contributed by atoms with Crippen molar-refractivity contribution in [3.05, 3.63) is 5.82 Å². The smallest absolute Gasteiger partial charge is 0.205 e. The van der Waals surface area contributed by atoms with E-state index in [-0.39, 0.29) is 5.41 Å². The maximum atomic E-state index is 5.61. The average Bonchev–Trinajstić information content (AvgIpc) is 2.86. The largest absolute Gasteiger partial charge is 0.377 e. The molecule has 0 bridgehead atoms. The molecule has 1 saturated heterocycles. The van der Waals surface area contributed by atoms with Gasteiger partial charge in [0.1, 0.15) is 5.82 Å². The normalized spacial score (nSPS) is 20.7. The minimum absolute atomic E-state index is 0.00666. The molecule has 0 spiro atoms. The first-order chi connectivity index (χ1) is 9.38. The van der Waals surface area contributed by atoms with E-state index in [2.05, 4.69) is 49.2 Å². The molecule has 1 aliphatic heterocycles. The molecule has 0 amide bonds. The molecule has 0 aliphatic carbocycles. The van der Waals surface area contributed by atoms with Crippen LogP contribution in [0.15, 0.2) is 0 Å². The molecule has 5 nitrogen and oxygen atoms in total. The van der Waals surface area contributed by atoms with Gasteiger partial charge < -0.3 is 15.0 Å². The Morgan fingerprint density at radius 3 is 2.80 bits per heavy atom. The number of nitrogens with one attached hydrogen (secondary N) is 1. The van der Waals surface area contributed by atoms with Crippen LogP contribution < -0.4 is 10.2 Å². The van der Waals surface area contributed by atoms with Crippen molar-refractivity contribution in [3.8, 4) is 0 Å². The number of anilines is 1. The number of aromatic nitrogens is 2. The van der Waals surface area contributed by atoms with Gasteiger partial charge in [-0.25, -0.2) is 4.98 Å². The molecule has 1 N–H and O–H groups in total. The maximum absolute atomic E-state index is 5.61. The molecule has 2 rings (SSSR count). The van der Waals surface area contributed by atoms with Crippen LogP contribution in [0.5, 0.6) is 0 Å². The van der Waals surface area contributed by atoms with E-state index in [4.69, 9.17) is 9.72 Å². The standard InChI is InChI=1S/C14H26N4OS/c1-10(2)15-8-11-9-19-7-6-18(11)13-16-12(17-20-13)14(3,4)5/h10-11,15H,6-9H2,1-5H3. The zero-order valence-electron chi connectivity index (χ0n) is 13.1. The highest BCUT2D eigenvalue weighted by atomic mass is 32.1. The van der Waals surface area contributed by atoms with Crippen molar-refractivity contribution in [3.63, 3.8) is 0 Å². The number of hydrogen-bond acceptors (Lipinski definition) is 6. The molecule has 114 valence electrons. The molecule has 1 atom stereocenters. The lowest BCUT2D eigenvalue weighted by Crippen LogP contribution is -2.51. The van der Waals surface area contributed by atoms with E-state index in [9.17, 15) is 0 Å². The van der Waals surface area contributed by atoms with Crippen LogP contribution in [0, 0.1) is 0 Å². The van der Waals surface area contributed by atoms with Crippen LogP contribution >= 0.6 is 11.5 Å². The number of ether oxygens (including phenoxy) is 1. The summed E-state index contributed by atoms with van der Waals surface area (Å²) in [5.41, 5.74) is 0.00666. The Morgan fingerprint density at radius 2 is 2.20 bits per heavy atom. The Bertz CT molecular complexity index is 427. The van der Waals surface area contributed by atoms with Crippen molar-refractivity contribution in [2.24, 2.45) is 0 Å². The van der Waals surface area contributed by atoms with Gasteiger partial charge in [-0.15, -0.1) is 0 Å². The van der Waals surface area contributed by atoms with Gasteiger partial charge in [0.15, 0.2) is 0 Å². The second-order valence-corrected chi connectivity index (χ2v) is 7.37. The third-order valence-corrected chi connectivity index (χ3v) is 4.07. The van der Waals surface area contributed by atoms with E-state index >= 15 is 0 Å². The first kappa shape index (κ1) is 15.7. The van der Waals surface area contributed by atoms with Crippen molar-refractivity contribution >= 4 is 16.7 Å². The summed E-state index contributed by atoms with van der Waals surface area (Å²) in [6, 6.07) is 0.824. The van der Waals surface area contributed by atoms with E-state index < -0.39 is 0 Å². The molecule has 0 aromatic carbocycles.